The Bertz CT molecular complexity index is 493. The zero-order chi connectivity index (χ0) is 12.4. The van der Waals surface area contributed by atoms with Crippen LogP contribution >= 0.6 is 0 Å². The van der Waals surface area contributed by atoms with Crippen molar-refractivity contribution in [3.05, 3.63) is 29.1 Å². The van der Waals surface area contributed by atoms with Crippen LogP contribution in [-0.2, 0) is 0 Å². The van der Waals surface area contributed by atoms with Gasteiger partial charge >= 0.3 is 0 Å². The summed E-state index contributed by atoms with van der Waals surface area (Å²) in [5.41, 5.74) is 1.17. The van der Waals surface area contributed by atoms with Crippen LogP contribution < -0.4 is 0 Å². The summed E-state index contributed by atoms with van der Waals surface area (Å²) < 4.78 is 0. The third kappa shape index (κ3) is 2.27. The summed E-state index contributed by atoms with van der Waals surface area (Å²) in [5.74, 6) is -0.231. The first-order chi connectivity index (χ1) is 8.11. The zero-order valence-corrected chi connectivity index (χ0v) is 9.55. The van der Waals surface area contributed by atoms with Gasteiger partial charge < -0.3 is 10.0 Å². The lowest BCUT2D eigenvalue weighted by Gasteiger charge is -2.15. The molecule has 2 heterocycles. The van der Waals surface area contributed by atoms with Crippen molar-refractivity contribution < 1.29 is 9.90 Å². The van der Waals surface area contributed by atoms with E-state index in [1.807, 2.05) is 6.07 Å². The fraction of sp³-hybridized carbons (Fsp3) is 0.417. The number of aromatic nitrogens is 1. The van der Waals surface area contributed by atoms with Crippen LogP contribution in [0.4, 0.5) is 0 Å². The molecule has 0 radical (unpaired) electrons. The molecule has 1 fully saturated rings. The van der Waals surface area contributed by atoms with Crippen LogP contribution in [0.15, 0.2) is 12.1 Å². The highest BCUT2D eigenvalue weighted by molar-refractivity contribution is 5.96. The highest BCUT2D eigenvalue weighted by Crippen LogP contribution is 2.15. The predicted molar refractivity (Wildman–Crippen MR) is 60.2 cm³/mol. The van der Waals surface area contributed by atoms with Gasteiger partial charge in [-0.1, -0.05) is 0 Å². The van der Waals surface area contributed by atoms with E-state index in [1.54, 1.807) is 24.0 Å². The highest BCUT2D eigenvalue weighted by Gasteiger charge is 2.27. The molecule has 17 heavy (non-hydrogen) atoms. The van der Waals surface area contributed by atoms with Gasteiger partial charge in [0.2, 0.25) is 0 Å². The van der Waals surface area contributed by atoms with Crippen LogP contribution in [-0.4, -0.2) is 40.1 Å². The number of pyridine rings is 1. The number of nitrogens with zero attached hydrogens (tertiary/aromatic N) is 3. The number of aliphatic hydroxyl groups is 1. The first kappa shape index (κ1) is 11.6. The maximum absolute atomic E-state index is 12.1. The van der Waals surface area contributed by atoms with E-state index in [1.165, 1.54) is 0 Å². The fourth-order valence-corrected chi connectivity index (χ4v) is 1.91. The number of carbonyl (C=O) groups is 1. The van der Waals surface area contributed by atoms with Crippen molar-refractivity contribution >= 4 is 5.91 Å². The third-order valence-corrected chi connectivity index (χ3v) is 2.82. The van der Waals surface area contributed by atoms with Gasteiger partial charge in [-0.2, -0.15) is 5.26 Å². The van der Waals surface area contributed by atoms with E-state index in [9.17, 15) is 9.90 Å². The standard InChI is InChI=1S/C12H13N3O2/c1-8-2-3-10(11(6-13)14-8)12(17)15-5-4-9(16)7-15/h2-3,9,16H,4-5,7H2,1H3/t9-/m0/s1. The first-order valence-electron chi connectivity index (χ1n) is 5.47. The average Bonchev–Trinajstić information content (AvgIpc) is 2.75. The first-order valence-corrected chi connectivity index (χ1v) is 5.47. The summed E-state index contributed by atoms with van der Waals surface area (Å²) in [6, 6.07) is 5.26. The van der Waals surface area contributed by atoms with Crippen LogP contribution in [0.1, 0.15) is 28.2 Å². The second kappa shape index (κ2) is 4.52. The molecule has 5 heteroatoms. The van der Waals surface area contributed by atoms with E-state index in [2.05, 4.69) is 4.98 Å². The lowest BCUT2D eigenvalue weighted by Crippen LogP contribution is -2.30. The normalized spacial score (nSPS) is 19.1. The summed E-state index contributed by atoms with van der Waals surface area (Å²) in [7, 11) is 0. The third-order valence-electron chi connectivity index (χ3n) is 2.82. The molecule has 1 aromatic rings. The summed E-state index contributed by atoms with van der Waals surface area (Å²) in [6.07, 6.45) is 0.135. The minimum absolute atomic E-state index is 0.149. The smallest absolute Gasteiger partial charge is 0.256 e. The lowest BCUT2D eigenvalue weighted by molar-refractivity contribution is 0.0764. The average molecular weight is 231 g/mol. The Morgan fingerprint density at radius 1 is 1.65 bits per heavy atom. The molecule has 0 bridgehead atoms. The molecule has 0 spiro atoms. The molecule has 5 nitrogen and oxygen atoms in total. The highest BCUT2D eigenvalue weighted by atomic mass is 16.3. The topological polar surface area (TPSA) is 77.2 Å². The number of aryl methyl sites for hydroxylation is 1. The number of β-amino-alcohol motifs (C(OH)–C–C–N with tert-alkyl or cyclic N) is 1. The lowest BCUT2D eigenvalue weighted by atomic mass is 10.1. The molecule has 1 aromatic heterocycles. The number of hydrogen-bond acceptors (Lipinski definition) is 4. The molecular formula is C12H13N3O2. The van der Waals surface area contributed by atoms with Gasteiger partial charge in [0, 0.05) is 18.8 Å². The van der Waals surface area contributed by atoms with Crippen LogP contribution in [0.2, 0.25) is 0 Å². The van der Waals surface area contributed by atoms with Crippen LogP contribution in [0.5, 0.6) is 0 Å². The van der Waals surface area contributed by atoms with Crippen molar-refractivity contribution in [3.63, 3.8) is 0 Å². The largest absolute Gasteiger partial charge is 0.391 e. The molecule has 1 N–H and O–H groups in total. The van der Waals surface area contributed by atoms with E-state index < -0.39 is 6.10 Å². The second-order valence-corrected chi connectivity index (χ2v) is 4.15. The van der Waals surface area contributed by atoms with E-state index in [4.69, 9.17) is 5.26 Å². The van der Waals surface area contributed by atoms with Gasteiger partial charge in [-0.3, -0.25) is 4.79 Å². The molecule has 1 amide bonds. The number of nitriles is 1. The van der Waals surface area contributed by atoms with Crippen molar-refractivity contribution in [1.82, 2.24) is 9.88 Å². The van der Waals surface area contributed by atoms with Crippen molar-refractivity contribution in [2.24, 2.45) is 0 Å². The molecule has 1 aliphatic rings. The zero-order valence-electron chi connectivity index (χ0n) is 9.55. The minimum Gasteiger partial charge on any atom is -0.391 e. The van der Waals surface area contributed by atoms with Gasteiger partial charge in [0.05, 0.1) is 11.7 Å². The summed E-state index contributed by atoms with van der Waals surface area (Å²) in [4.78, 5) is 17.7. The van der Waals surface area contributed by atoms with Crippen molar-refractivity contribution in [2.75, 3.05) is 13.1 Å². The number of aliphatic hydroxyl groups excluding tert-OH is 1. The molecule has 0 aliphatic carbocycles. The predicted octanol–water partition coefficient (Wildman–Crippen LogP) is 0.468. The van der Waals surface area contributed by atoms with Crippen molar-refractivity contribution in [3.8, 4) is 6.07 Å². The quantitative estimate of drug-likeness (QED) is 0.762. The van der Waals surface area contributed by atoms with Crippen molar-refractivity contribution in [2.45, 2.75) is 19.4 Å². The SMILES string of the molecule is Cc1ccc(C(=O)N2CC[C@H](O)C2)c(C#N)n1. The molecule has 88 valence electrons. The Kier molecular flexibility index (Phi) is 3.07. The fourth-order valence-electron chi connectivity index (χ4n) is 1.91. The van der Waals surface area contributed by atoms with E-state index >= 15 is 0 Å². The summed E-state index contributed by atoms with van der Waals surface area (Å²) >= 11 is 0. The number of amides is 1. The Morgan fingerprint density at radius 3 is 3.00 bits per heavy atom. The maximum Gasteiger partial charge on any atom is 0.256 e. The Labute approximate surface area is 99.3 Å². The molecule has 0 unspecified atom stereocenters. The van der Waals surface area contributed by atoms with Crippen molar-refractivity contribution in [1.29, 1.82) is 5.26 Å². The minimum atomic E-state index is -0.456. The molecule has 1 atom stereocenters. The van der Waals surface area contributed by atoms with Gasteiger partial charge in [0.15, 0.2) is 5.69 Å². The number of rotatable bonds is 1. The van der Waals surface area contributed by atoms with Gasteiger partial charge in [-0.05, 0) is 25.5 Å². The Balaban J connectivity index is 2.28. The second-order valence-electron chi connectivity index (χ2n) is 4.15. The Hall–Kier alpha value is -1.93. The monoisotopic (exact) mass is 231 g/mol. The maximum atomic E-state index is 12.1. The van der Waals surface area contributed by atoms with Crippen LogP contribution in [0, 0.1) is 18.3 Å². The van der Waals surface area contributed by atoms with Crippen LogP contribution in [0.25, 0.3) is 0 Å². The van der Waals surface area contributed by atoms with Gasteiger partial charge in [-0.25, -0.2) is 4.98 Å². The van der Waals surface area contributed by atoms with Gasteiger partial charge in [0.1, 0.15) is 6.07 Å². The van der Waals surface area contributed by atoms with Gasteiger partial charge in [0.25, 0.3) is 5.91 Å². The van der Waals surface area contributed by atoms with E-state index in [0.717, 1.165) is 0 Å². The van der Waals surface area contributed by atoms with E-state index in [0.29, 0.717) is 30.8 Å². The number of likely N-dealkylation sites (tertiary alicyclic amines) is 1. The molecule has 0 aromatic carbocycles. The summed E-state index contributed by atoms with van der Waals surface area (Å²) in [5, 5.41) is 18.3. The molecule has 0 saturated carbocycles. The molecular weight excluding hydrogens is 218 g/mol. The molecule has 1 saturated heterocycles. The number of hydrogen-bond donors (Lipinski definition) is 1. The molecule has 1 aliphatic heterocycles. The summed E-state index contributed by atoms with van der Waals surface area (Å²) in [6.45, 7) is 2.63. The van der Waals surface area contributed by atoms with Crippen LogP contribution in [0.3, 0.4) is 0 Å². The van der Waals surface area contributed by atoms with Gasteiger partial charge in [-0.15, -0.1) is 0 Å². The number of carbonyl (C=O) groups excluding carboxylic acids is 1. The molecule has 2 rings (SSSR count). The Morgan fingerprint density at radius 2 is 2.41 bits per heavy atom. The van der Waals surface area contributed by atoms with E-state index in [-0.39, 0.29) is 11.6 Å².